The highest BCUT2D eigenvalue weighted by Gasteiger charge is 2.10. The summed E-state index contributed by atoms with van der Waals surface area (Å²) in [6, 6.07) is 9.55. The van der Waals surface area contributed by atoms with Crippen LogP contribution in [0.5, 0.6) is 0 Å². The number of aromatic amines is 1. The number of aromatic nitrogens is 2. The number of benzene rings is 1. The summed E-state index contributed by atoms with van der Waals surface area (Å²) < 4.78 is 0. The molecule has 0 saturated carbocycles. The van der Waals surface area contributed by atoms with E-state index >= 15 is 0 Å². The molecule has 0 atom stereocenters. The van der Waals surface area contributed by atoms with E-state index in [2.05, 4.69) is 15.5 Å². The fourth-order valence-corrected chi connectivity index (χ4v) is 1.34. The van der Waals surface area contributed by atoms with E-state index < -0.39 is 0 Å². The zero-order valence-electron chi connectivity index (χ0n) is 7.90. The number of carbonyl (C=O) groups is 1. The second-order valence-electron chi connectivity index (χ2n) is 2.99. The SMILES string of the molecule is Nc1c(NC=O)n[nH]c1-c1ccccc1. The topological polar surface area (TPSA) is 83.8 Å². The van der Waals surface area contributed by atoms with Gasteiger partial charge in [-0.3, -0.25) is 9.89 Å². The molecule has 0 radical (unpaired) electrons. The normalized spacial score (nSPS) is 9.87. The van der Waals surface area contributed by atoms with Crippen LogP contribution < -0.4 is 11.1 Å². The molecule has 2 aromatic rings. The lowest BCUT2D eigenvalue weighted by molar-refractivity contribution is -0.105. The Morgan fingerprint density at radius 3 is 2.73 bits per heavy atom. The van der Waals surface area contributed by atoms with E-state index in [0.29, 0.717) is 23.6 Å². The van der Waals surface area contributed by atoms with Crippen LogP contribution in [-0.2, 0) is 4.79 Å². The van der Waals surface area contributed by atoms with Gasteiger partial charge in [-0.1, -0.05) is 30.3 Å². The highest BCUT2D eigenvalue weighted by molar-refractivity contribution is 5.85. The number of anilines is 2. The van der Waals surface area contributed by atoms with E-state index in [-0.39, 0.29) is 0 Å². The molecule has 0 unspecified atom stereocenters. The predicted octanol–water partition coefficient (Wildman–Crippen LogP) is 1.23. The summed E-state index contributed by atoms with van der Waals surface area (Å²) in [5, 5.41) is 9.09. The fourth-order valence-electron chi connectivity index (χ4n) is 1.34. The van der Waals surface area contributed by atoms with Gasteiger partial charge in [0.2, 0.25) is 6.41 Å². The molecule has 0 fully saturated rings. The third-order valence-electron chi connectivity index (χ3n) is 2.06. The van der Waals surface area contributed by atoms with Crippen LogP contribution in [0.2, 0.25) is 0 Å². The van der Waals surface area contributed by atoms with Gasteiger partial charge >= 0.3 is 0 Å². The summed E-state index contributed by atoms with van der Waals surface area (Å²) in [6.07, 6.45) is 0.543. The van der Waals surface area contributed by atoms with Crippen LogP contribution >= 0.6 is 0 Å². The largest absolute Gasteiger partial charge is 0.394 e. The zero-order valence-corrected chi connectivity index (χ0v) is 7.90. The summed E-state index contributed by atoms with van der Waals surface area (Å²) >= 11 is 0. The van der Waals surface area contributed by atoms with Crippen molar-refractivity contribution >= 4 is 17.9 Å². The number of rotatable bonds is 3. The van der Waals surface area contributed by atoms with Crippen molar-refractivity contribution in [2.45, 2.75) is 0 Å². The molecule has 15 heavy (non-hydrogen) atoms. The average Bonchev–Trinajstić information content (AvgIpc) is 2.63. The first-order valence-electron chi connectivity index (χ1n) is 4.42. The molecule has 1 aromatic carbocycles. The van der Waals surface area contributed by atoms with E-state index in [1.54, 1.807) is 0 Å². The van der Waals surface area contributed by atoms with Crippen LogP contribution in [-0.4, -0.2) is 16.6 Å². The Hall–Kier alpha value is -2.30. The van der Waals surface area contributed by atoms with Crippen molar-refractivity contribution < 1.29 is 4.79 Å². The van der Waals surface area contributed by atoms with Gasteiger partial charge in [-0.2, -0.15) is 5.10 Å². The summed E-state index contributed by atoms with van der Waals surface area (Å²) in [4.78, 5) is 10.3. The van der Waals surface area contributed by atoms with Crippen LogP contribution in [0.1, 0.15) is 0 Å². The van der Waals surface area contributed by atoms with E-state index in [1.165, 1.54) is 0 Å². The number of hydrogen-bond acceptors (Lipinski definition) is 3. The van der Waals surface area contributed by atoms with Gasteiger partial charge in [0.05, 0.1) is 5.69 Å². The number of nitrogens with two attached hydrogens (primary N) is 1. The van der Waals surface area contributed by atoms with Gasteiger partial charge in [-0.25, -0.2) is 0 Å². The van der Waals surface area contributed by atoms with Gasteiger partial charge in [-0.15, -0.1) is 0 Å². The molecule has 0 aliphatic carbocycles. The number of carbonyl (C=O) groups excluding carboxylic acids is 1. The van der Waals surface area contributed by atoms with Gasteiger partial charge in [-0.05, 0) is 0 Å². The third-order valence-corrected chi connectivity index (χ3v) is 2.06. The molecule has 4 N–H and O–H groups in total. The van der Waals surface area contributed by atoms with E-state index in [9.17, 15) is 4.79 Å². The first-order valence-corrected chi connectivity index (χ1v) is 4.42. The molecule has 0 aliphatic heterocycles. The smallest absolute Gasteiger partial charge is 0.212 e. The summed E-state index contributed by atoms with van der Waals surface area (Å²) in [7, 11) is 0. The van der Waals surface area contributed by atoms with Gasteiger partial charge in [0.1, 0.15) is 5.69 Å². The van der Waals surface area contributed by atoms with Crippen molar-refractivity contribution in [3.8, 4) is 11.3 Å². The molecule has 0 saturated heterocycles. The number of hydrogen-bond donors (Lipinski definition) is 3. The molecular formula is C10H10N4O. The molecule has 1 aromatic heterocycles. The summed E-state index contributed by atoms with van der Waals surface area (Å²) in [6.45, 7) is 0. The molecule has 1 heterocycles. The molecule has 0 bridgehead atoms. The second kappa shape index (κ2) is 3.83. The highest BCUT2D eigenvalue weighted by Crippen LogP contribution is 2.28. The maximum Gasteiger partial charge on any atom is 0.212 e. The maximum absolute atomic E-state index is 10.3. The Labute approximate surface area is 86.3 Å². The highest BCUT2D eigenvalue weighted by atomic mass is 16.1. The lowest BCUT2D eigenvalue weighted by Gasteiger charge is -1.98. The summed E-state index contributed by atoms with van der Waals surface area (Å²) in [5.41, 5.74) is 7.88. The molecule has 0 aliphatic rings. The van der Waals surface area contributed by atoms with E-state index in [4.69, 9.17) is 5.73 Å². The average molecular weight is 202 g/mol. The lowest BCUT2D eigenvalue weighted by atomic mass is 10.1. The Morgan fingerprint density at radius 1 is 1.33 bits per heavy atom. The number of nitrogen functional groups attached to an aromatic ring is 1. The van der Waals surface area contributed by atoms with Crippen LogP contribution in [0.25, 0.3) is 11.3 Å². The Morgan fingerprint density at radius 2 is 2.07 bits per heavy atom. The maximum atomic E-state index is 10.3. The predicted molar refractivity (Wildman–Crippen MR) is 58.1 cm³/mol. The molecule has 1 amide bonds. The van der Waals surface area contributed by atoms with Crippen LogP contribution in [0.4, 0.5) is 11.5 Å². The molecule has 5 nitrogen and oxygen atoms in total. The van der Waals surface area contributed by atoms with Crippen LogP contribution in [0, 0.1) is 0 Å². The number of amides is 1. The monoisotopic (exact) mass is 202 g/mol. The molecular weight excluding hydrogens is 192 g/mol. The first kappa shape index (κ1) is 9.26. The van der Waals surface area contributed by atoms with Crippen molar-refractivity contribution in [3.63, 3.8) is 0 Å². The van der Waals surface area contributed by atoms with Crippen molar-refractivity contribution in [3.05, 3.63) is 30.3 Å². The van der Waals surface area contributed by atoms with Gasteiger partial charge < -0.3 is 11.1 Å². The van der Waals surface area contributed by atoms with Gasteiger partial charge in [0.25, 0.3) is 0 Å². The first-order chi connectivity index (χ1) is 7.33. The van der Waals surface area contributed by atoms with E-state index in [0.717, 1.165) is 5.56 Å². The van der Waals surface area contributed by atoms with Crippen molar-refractivity contribution in [1.82, 2.24) is 10.2 Å². The molecule has 5 heteroatoms. The fraction of sp³-hybridized carbons (Fsp3) is 0. The Kier molecular flexibility index (Phi) is 2.37. The van der Waals surface area contributed by atoms with E-state index in [1.807, 2.05) is 30.3 Å². The van der Waals surface area contributed by atoms with Gasteiger partial charge in [0.15, 0.2) is 5.82 Å². The number of H-pyrrole nitrogens is 1. The molecule has 76 valence electrons. The summed E-state index contributed by atoms with van der Waals surface area (Å²) in [5.74, 6) is 0.351. The molecule has 2 rings (SSSR count). The second-order valence-corrected chi connectivity index (χ2v) is 2.99. The van der Waals surface area contributed by atoms with Crippen LogP contribution in [0.3, 0.4) is 0 Å². The Bertz CT molecular complexity index is 464. The standard InChI is InChI=1S/C10H10N4O/c11-8-9(7-4-2-1-3-5-7)13-14-10(8)12-6-15/h1-6H,11H2,(H2,12,13,14,15). The Balaban J connectivity index is 2.42. The minimum Gasteiger partial charge on any atom is -0.394 e. The van der Waals surface area contributed by atoms with Crippen molar-refractivity contribution in [2.24, 2.45) is 0 Å². The zero-order chi connectivity index (χ0) is 10.7. The van der Waals surface area contributed by atoms with Gasteiger partial charge in [0, 0.05) is 5.56 Å². The minimum absolute atomic E-state index is 0.351. The number of nitrogens with one attached hydrogen (secondary N) is 2. The van der Waals surface area contributed by atoms with Crippen molar-refractivity contribution in [2.75, 3.05) is 11.1 Å². The lowest BCUT2D eigenvalue weighted by Crippen LogP contribution is -1.97. The third kappa shape index (κ3) is 1.67. The number of nitrogens with zero attached hydrogens (tertiary/aromatic N) is 1. The molecule has 0 spiro atoms. The quantitative estimate of drug-likeness (QED) is 0.654. The van der Waals surface area contributed by atoms with Crippen LogP contribution in [0.15, 0.2) is 30.3 Å². The van der Waals surface area contributed by atoms with Crippen molar-refractivity contribution in [1.29, 1.82) is 0 Å². The minimum atomic E-state index is 0.351.